The molecule has 1 aromatic carbocycles. The second-order valence-corrected chi connectivity index (χ2v) is 4.80. The van der Waals surface area contributed by atoms with Gasteiger partial charge in [0.25, 0.3) is 0 Å². The van der Waals surface area contributed by atoms with Crippen LogP contribution in [0.3, 0.4) is 0 Å². The summed E-state index contributed by atoms with van der Waals surface area (Å²) in [6, 6.07) is 5.57. The maximum Gasteiger partial charge on any atom is 0.389 e. The molecular weight excluding hydrogens is 271 g/mol. The molecule has 1 aliphatic heterocycles. The molecule has 0 fully saturated rings. The first-order chi connectivity index (χ1) is 9.46. The fraction of sp³-hybridized carbons (Fsp3) is 0.571. The zero-order valence-corrected chi connectivity index (χ0v) is 11.3. The van der Waals surface area contributed by atoms with Crippen LogP contribution in [-0.4, -0.2) is 25.9 Å². The number of ether oxygens (including phenoxy) is 2. The van der Waals surface area contributed by atoms with Gasteiger partial charge < -0.3 is 14.8 Å². The third kappa shape index (κ3) is 4.30. The molecule has 0 bridgehead atoms. The highest BCUT2D eigenvalue weighted by atomic mass is 19.4. The third-order valence-corrected chi connectivity index (χ3v) is 3.15. The molecule has 1 aromatic rings. The van der Waals surface area contributed by atoms with Crippen LogP contribution in [0, 0.1) is 0 Å². The zero-order chi connectivity index (χ0) is 14.6. The summed E-state index contributed by atoms with van der Waals surface area (Å²) in [7, 11) is 0. The molecular formula is C14H18F3NO2. The van der Waals surface area contributed by atoms with Gasteiger partial charge in [-0.25, -0.2) is 0 Å². The number of benzene rings is 1. The van der Waals surface area contributed by atoms with Gasteiger partial charge >= 0.3 is 6.18 Å². The van der Waals surface area contributed by atoms with E-state index in [1.165, 1.54) is 0 Å². The zero-order valence-electron chi connectivity index (χ0n) is 11.3. The van der Waals surface area contributed by atoms with Crippen LogP contribution in [0.15, 0.2) is 18.2 Å². The molecule has 0 radical (unpaired) electrons. The van der Waals surface area contributed by atoms with Crippen molar-refractivity contribution in [3.63, 3.8) is 0 Å². The molecule has 0 aliphatic carbocycles. The fourth-order valence-electron chi connectivity index (χ4n) is 2.05. The van der Waals surface area contributed by atoms with E-state index < -0.39 is 12.6 Å². The van der Waals surface area contributed by atoms with E-state index in [9.17, 15) is 13.2 Å². The number of hydrogen-bond donors (Lipinski definition) is 1. The Balaban J connectivity index is 1.84. The number of halogens is 3. The molecule has 1 aliphatic rings. The Hall–Kier alpha value is -1.43. The molecule has 0 spiro atoms. The first-order valence-electron chi connectivity index (χ1n) is 6.65. The van der Waals surface area contributed by atoms with Gasteiger partial charge in [-0.05, 0) is 37.6 Å². The quantitative estimate of drug-likeness (QED) is 0.842. The van der Waals surface area contributed by atoms with Crippen molar-refractivity contribution in [1.29, 1.82) is 0 Å². The van der Waals surface area contributed by atoms with Crippen molar-refractivity contribution in [2.45, 2.75) is 32.0 Å². The highest BCUT2D eigenvalue weighted by Crippen LogP contribution is 2.32. The fourth-order valence-corrected chi connectivity index (χ4v) is 2.05. The summed E-state index contributed by atoms with van der Waals surface area (Å²) in [5.41, 5.74) is 0.973. The van der Waals surface area contributed by atoms with Crippen LogP contribution in [-0.2, 0) is 0 Å². The lowest BCUT2D eigenvalue weighted by atomic mass is 10.1. The normalized spacial score (nSPS) is 16.0. The third-order valence-electron chi connectivity index (χ3n) is 3.15. The summed E-state index contributed by atoms with van der Waals surface area (Å²) >= 11 is 0. The summed E-state index contributed by atoms with van der Waals surface area (Å²) in [6.45, 7) is 3.30. The highest BCUT2D eigenvalue weighted by Gasteiger charge is 2.26. The van der Waals surface area contributed by atoms with Crippen LogP contribution in [0.25, 0.3) is 0 Å². The summed E-state index contributed by atoms with van der Waals surface area (Å²) in [5.74, 6) is 1.40. The number of hydrogen-bond acceptors (Lipinski definition) is 3. The van der Waals surface area contributed by atoms with Crippen LogP contribution < -0.4 is 14.8 Å². The Bertz CT molecular complexity index is 449. The van der Waals surface area contributed by atoms with E-state index >= 15 is 0 Å². The lowest BCUT2D eigenvalue weighted by Gasteiger charge is -2.21. The van der Waals surface area contributed by atoms with Crippen LogP contribution in [0.5, 0.6) is 11.5 Å². The molecule has 112 valence electrons. The average molecular weight is 289 g/mol. The maximum atomic E-state index is 12.0. The van der Waals surface area contributed by atoms with E-state index in [0.717, 1.165) is 5.56 Å². The van der Waals surface area contributed by atoms with Crippen molar-refractivity contribution in [1.82, 2.24) is 5.32 Å². The van der Waals surface area contributed by atoms with Crippen LogP contribution in [0.4, 0.5) is 13.2 Å². The number of rotatable bonds is 5. The van der Waals surface area contributed by atoms with E-state index in [1.807, 2.05) is 25.1 Å². The van der Waals surface area contributed by atoms with Gasteiger partial charge in [-0.15, -0.1) is 0 Å². The van der Waals surface area contributed by atoms with Crippen molar-refractivity contribution in [2.24, 2.45) is 0 Å². The van der Waals surface area contributed by atoms with Crippen molar-refractivity contribution in [2.75, 3.05) is 19.8 Å². The van der Waals surface area contributed by atoms with Gasteiger partial charge in [0, 0.05) is 12.5 Å². The lowest BCUT2D eigenvalue weighted by molar-refractivity contribution is -0.135. The maximum absolute atomic E-state index is 12.0. The molecule has 1 unspecified atom stereocenters. The average Bonchev–Trinajstić information content (AvgIpc) is 2.42. The van der Waals surface area contributed by atoms with Gasteiger partial charge in [0.1, 0.15) is 13.2 Å². The number of nitrogens with one attached hydrogen (secondary N) is 1. The summed E-state index contributed by atoms with van der Waals surface area (Å²) in [5, 5.41) is 3.08. The van der Waals surface area contributed by atoms with Crippen LogP contribution in [0.2, 0.25) is 0 Å². The van der Waals surface area contributed by atoms with Crippen molar-refractivity contribution in [3.8, 4) is 11.5 Å². The van der Waals surface area contributed by atoms with Crippen molar-refractivity contribution in [3.05, 3.63) is 23.8 Å². The molecule has 0 aromatic heterocycles. The first kappa shape index (κ1) is 15.0. The lowest BCUT2D eigenvalue weighted by Crippen LogP contribution is -2.22. The standard InChI is InChI=1S/C14H18F3NO2/c1-10(18-6-2-5-14(15,16)17)11-3-4-12-13(9-11)20-8-7-19-12/h3-4,9-10,18H,2,5-8H2,1H3. The molecule has 0 saturated carbocycles. The van der Waals surface area contributed by atoms with Gasteiger partial charge in [-0.2, -0.15) is 13.2 Å². The molecule has 1 N–H and O–H groups in total. The molecule has 1 atom stereocenters. The SMILES string of the molecule is CC(NCCCC(F)(F)F)c1ccc2c(c1)OCCO2. The Morgan fingerprint density at radius 3 is 2.60 bits per heavy atom. The highest BCUT2D eigenvalue weighted by molar-refractivity contribution is 5.44. The predicted molar refractivity (Wildman–Crippen MR) is 69.1 cm³/mol. The Morgan fingerprint density at radius 1 is 1.20 bits per heavy atom. The van der Waals surface area contributed by atoms with Crippen molar-refractivity contribution >= 4 is 0 Å². The molecule has 0 saturated heterocycles. The topological polar surface area (TPSA) is 30.5 Å². The Morgan fingerprint density at radius 2 is 1.90 bits per heavy atom. The Labute approximate surface area is 116 Å². The van der Waals surface area contributed by atoms with Gasteiger partial charge in [0.05, 0.1) is 0 Å². The Kier molecular flexibility index (Phi) is 4.75. The molecule has 0 amide bonds. The minimum atomic E-state index is -4.08. The van der Waals surface area contributed by atoms with E-state index in [2.05, 4.69) is 5.32 Å². The largest absolute Gasteiger partial charge is 0.486 e. The molecule has 20 heavy (non-hydrogen) atoms. The van der Waals surface area contributed by atoms with Gasteiger partial charge in [0.2, 0.25) is 0 Å². The summed E-state index contributed by atoms with van der Waals surface area (Å²) < 4.78 is 47.0. The van der Waals surface area contributed by atoms with Crippen LogP contribution in [0.1, 0.15) is 31.4 Å². The minimum Gasteiger partial charge on any atom is -0.486 e. The monoisotopic (exact) mass is 289 g/mol. The smallest absolute Gasteiger partial charge is 0.389 e. The first-order valence-corrected chi connectivity index (χ1v) is 6.65. The van der Waals surface area contributed by atoms with E-state index in [4.69, 9.17) is 9.47 Å². The summed E-state index contributed by atoms with van der Waals surface area (Å²) in [4.78, 5) is 0. The number of alkyl halides is 3. The van der Waals surface area contributed by atoms with E-state index in [1.54, 1.807) is 0 Å². The molecule has 2 rings (SSSR count). The van der Waals surface area contributed by atoms with Gasteiger partial charge in [-0.3, -0.25) is 0 Å². The second kappa shape index (κ2) is 6.35. The van der Waals surface area contributed by atoms with Gasteiger partial charge in [0.15, 0.2) is 11.5 Å². The van der Waals surface area contributed by atoms with Crippen LogP contribution >= 0.6 is 0 Å². The minimum absolute atomic E-state index is 0.0286. The van der Waals surface area contributed by atoms with Crippen molar-refractivity contribution < 1.29 is 22.6 Å². The molecule has 6 heteroatoms. The second-order valence-electron chi connectivity index (χ2n) is 4.80. The molecule has 3 nitrogen and oxygen atoms in total. The van der Waals surface area contributed by atoms with E-state index in [0.29, 0.717) is 31.3 Å². The molecule has 1 heterocycles. The number of fused-ring (bicyclic) bond motifs is 1. The predicted octanol–water partition coefficient (Wildman–Crippen LogP) is 3.45. The summed E-state index contributed by atoms with van der Waals surface area (Å²) in [6.07, 6.45) is -4.76. The van der Waals surface area contributed by atoms with Gasteiger partial charge in [-0.1, -0.05) is 6.07 Å². The van der Waals surface area contributed by atoms with E-state index in [-0.39, 0.29) is 12.5 Å².